The van der Waals surface area contributed by atoms with E-state index in [0.29, 0.717) is 13.2 Å². The lowest BCUT2D eigenvalue weighted by atomic mass is 10.1. The van der Waals surface area contributed by atoms with E-state index in [4.69, 9.17) is 9.84 Å². The quantitative estimate of drug-likeness (QED) is 0.705. The highest BCUT2D eigenvalue weighted by atomic mass is 16.5. The Morgan fingerprint density at radius 1 is 1.44 bits per heavy atom. The van der Waals surface area contributed by atoms with Gasteiger partial charge in [0, 0.05) is 33.2 Å². The molecule has 1 amide bonds. The molecule has 1 saturated heterocycles. The zero-order chi connectivity index (χ0) is 13.5. The number of carboxylic acids is 1. The lowest BCUT2D eigenvalue weighted by Gasteiger charge is -2.33. The van der Waals surface area contributed by atoms with Gasteiger partial charge >= 0.3 is 5.97 Å². The summed E-state index contributed by atoms with van der Waals surface area (Å²) in [5.41, 5.74) is 0. The van der Waals surface area contributed by atoms with Crippen LogP contribution in [0.1, 0.15) is 26.7 Å². The lowest BCUT2D eigenvalue weighted by molar-refractivity contribution is -0.142. The predicted molar refractivity (Wildman–Crippen MR) is 66.3 cm³/mol. The van der Waals surface area contributed by atoms with Crippen molar-refractivity contribution in [3.05, 3.63) is 0 Å². The topological polar surface area (TPSA) is 78.9 Å². The smallest absolute Gasteiger partial charge is 0.327 e. The number of nitrogens with one attached hydrogen (secondary N) is 1. The molecule has 1 rings (SSSR count). The third-order valence-corrected chi connectivity index (χ3v) is 3.05. The number of carbonyl (C=O) groups excluding carboxylic acids is 1. The number of piperidine rings is 1. The summed E-state index contributed by atoms with van der Waals surface area (Å²) in [7, 11) is 0. The molecule has 18 heavy (non-hydrogen) atoms. The Morgan fingerprint density at radius 3 is 2.50 bits per heavy atom. The van der Waals surface area contributed by atoms with E-state index in [1.54, 1.807) is 0 Å². The highest BCUT2D eigenvalue weighted by Gasteiger charge is 2.25. The number of rotatable bonds is 6. The van der Waals surface area contributed by atoms with Crippen LogP contribution in [0.4, 0.5) is 0 Å². The molecular weight excluding hydrogens is 236 g/mol. The summed E-state index contributed by atoms with van der Waals surface area (Å²) in [5, 5.41) is 11.5. The van der Waals surface area contributed by atoms with Crippen molar-refractivity contribution >= 4 is 11.9 Å². The molecule has 0 spiro atoms. The Morgan fingerprint density at radius 2 is 2.06 bits per heavy atom. The monoisotopic (exact) mass is 258 g/mol. The molecule has 0 saturated carbocycles. The summed E-state index contributed by atoms with van der Waals surface area (Å²) >= 11 is 0. The molecule has 6 heteroatoms. The maximum Gasteiger partial charge on any atom is 0.327 e. The number of carbonyl (C=O) groups is 2. The molecule has 104 valence electrons. The molecule has 6 nitrogen and oxygen atoms in total. The van der Waals surface area contributed by atoms with Gasteiger partial charge in [0.1, 0.15) is 6.04 Å². The Hall–Kier alpha value is -1.14. The van der Waals surface area contributed by atoms with Gasteiger partial charge in [0.05, 0.1) is 6.10 Å². The van der Waals surface area contributed by atoms with Gasteiger partial charge < -0.3 is 20.1 Å². The molecular formula is C12H22N2O4. The largest absolute Gasteiger partial charge is 0.480 e. The molecule has 1 aliphatic heterocycles. The molecule has 0 aromatic heterocycles. The van der Waals surface area contributed by atoms with Crippen LogP contribution in [0.15, 0.2) is 0 Å². The molecule has 1 unspecified atom stereocenters. The van der Waals surface area contributed by atoms with Crippen molar-refractivity contribution in [1.29, 1.82) is 0 Å². The van der Waals surface area contributed by atoms with Crippen LogP contribution in [0.3, 0.4) is 0 Å². The Balaban J connectivity index is 2.37. The molecule has 2 N–H and O–H groups in total. The average molecular weight is 258 g/mol. The highest BCUT2D eigenvalue weighted by molar-refractivity contribution is 5.82. The number of likely N-dealkylation sites (tertiary alicyclic amines) is 1. The summed E-state index contributed by atoms with van der Waals surface area (Å²) < 4.78 is 5.54. The summed E-state index contributed by atoms with van der Waals surface area (Å²) in [6.45, 7) is 6.00. The fourth-order valence-corrected chi connectivity index (χ4v) is 2.18. The first-order chi connectivity index (χ1) is 8.52. The van der Waals surface area contributed by atoms with E-state index in [0.717, 1.165) is 25.9 Å². The van der Waals surface area contributed by atoms with E-state index in [1.165, 1.54) is 6.92 Å². The van der Waals surface area contributed by atoms with Gasteiger partial charge in [-0.25, -0.2) is 4.79 Å². The minimum Gasteiger partial charge on any atom is -0.480 e. The SMILES string of the molecule is CCOC1CCN(CC(NC(C)=O)C(=O)O)CC1. The van der Waals surface area contributed by atoms with Gasteiger partial charge in [-0.05, 0) is 19.8 Å². The zero-order valence-electron chi connectivity index (χ0n) is 11.0. The van der Waals surface area contributed by atoms with Gasteiger partial charge in [-0.1, -0.05) is 0 Å². The van der Waals surface area contributed by atoms with Crippen LogP contribution < -0.4 is 5.32 Å². The number of aliphatic carboxylic acids is 1. The van der Waals surface area contributed by atoms with Crippen LogP contribution in [-0.2, 0) is 14.3 Å². The summed E-state index contributed by atoms with van der Waals surface area (Å²) in [4.78, 5) is 24.0. The number of nitrogens with zero attached hydrogens (tertiary/aromatic N) is 1. The minimum atomic E-state index is -0.989. The molecule has 1 fully saturated rings. The Bertz CT molecular complexity index is 288. The number of ether oxygens (including phenoxy) is 1. The van der Waals surface area contributed by atoms with Crippen molar-refractivity contribution in [3.8, 4) is 0 Å². The molecule has 0 aliphatic carbocycles. The molecule has 1 aliphatic rings. The van der Waals surface area contributed by atoms with Crippen molar-refractivity contribution in [2.45, 2.75) is 38.8 Å². The van der Waals surface area contributed by atoms with Crippen molar-refractivity contribution in [2.24, 2.45) is 0 Å². The van der Waals surface area contributed by atoms with E-state index in [2.05, 4.69) is 10.2 Å². The standard InChI is InChI=1S/C12H22N2O4/c1-3-18-10-4-6-14(7-5-10)8-11(12(16)17)13-9(2)15/h10-11H,3-8H2,1-2H3,(H,13,15)(H,16,17). The maximum absolute atomic E-state index is 11.0. The predicted octanol–water partition coefficient (Wildman–Crippen LogP) is 0.0766. The van der Waals surface area contributed by atoms with E-state index in [9.17, 15) is 9.59 Å². The zero-order valence-corrected chi connectivity index (χ0v) is 11.0. The fraction of sp³-hybridized carbons (Fsp3) is 0.833. The van der Waals surface area contributed by atoms with Crippen molar-refractivity contribution in [2.75, 3.05) is 26.2 Å². The first-order valence-electron chi connectivity index (χ1n) is 6.36. The number of hydrogen-bond donors (Lipinski definition) is 2. The molecule has 0 aromatic rings. The van der Waals surface area contributed by atoms with Gasteiger partial charge in [-0.15, -0.1) is 0 Å². The van der Waals surface area contributed by atoms with Gasteiger partial charge in [0.2, 0.25) is 5.91 Å². The number of amides is 1. The van der Waals surface area contributed by atoms with Crippen molar-refractivity contribution in [3.63, 3.8) is 0 Å². The van der Waals surface area contributed by atoms with Gasteiger partial charge in [-0.2, -0.15) is 0 Å². The summed E-state index contributed by atoms with van der Waals surface area (Å²) in [6.07, 6.45) is 2.12. The first-order valence-corrected chi connectivity index (χ1v) is 6.36. The Labute approximate surface area is 107 Å². The van der Waals surface area contributed by atoms with Gasteiger partial charge in [0.15, 0.2) is 0 Å². The van der Waals surface area contributed by atoms with Crippen LogP contribution in [0.5, 0.6) is 0 Å². The molecule has 1 atom stereocenters. The van der Waals surface area contributed by atoms with E-state index < -0.39 is 12.0 Å². The molecule has 0 aromatic carbocycles. The van der Waals surface area contributed by atoms with E-state index in [-0.39, 0.29) is 12.0 Å². The maximum atomic E-state index is 11.0. The number of carboxylic acid groups (broad SMARTS) is 1. The van der Waals surface area contributed by atoms with E-state index in [1.807, 2.05) is 6.92 Å². The van der Waals surface area contributed by atoms with Crippen LogP contribution >= 0.6 is 0 Å². The van der Waals surface area contributed by atoms with Crippen LogP contribution in [0.2, 0.25) is 0 Å². The molecule has 1 heterocycles. The van der Waals surface area contributed by atoms with E-state index >= 15 is 0 Å². The normalized spacial score (nSPS) is 19.4. The third kappa shape index (κ3) is 5.01. The average Bonchev–Trinajstić information content (AvgIpc) is 2.30. The van der Waals surface area contributed by atoms with Crippen LogP contribution in [0, 0.1) is 0 Å². The highest BCUT2D eigenvalue weighted by Crippen LogP contribution is 2.13. The lowest BCUT2D eigenvalue weighted by Crippen LogP contribution is -2.50. The Kier molecular flexibility index (Phi) is 6.07. The van der Waals surface area contributed by atoms with Gasteiger partial charge in [-0.3, -0.25) is 4.79 Å². The fourth-order valence-electron chi connectivity index (χ4n) is 2.18. The molecule has 0 bridgehead atoms. The van der Waals surface area contributed by atoms with Crippen molar-refractivity contribution < 1.29 is 19.4 Å². The van der Waals surface area contributed by atoms with Crippen LogP contribution in [0.25, 0.3) is 0 Å². The number of hydrogen-bond acceptors (Lipinski definition) is 4. The van der Waals surface area contributed by atoms with Crippen molar-refractivity contribution in [1.82, 2.24) is 10.2 Å². The molecule has 0 radical (unpaired) electrons. The second-order valence-corrected chi connectivity index (χ2v) is 4.55. The summed E-state index contributed by atoms with van der Waals surface area (Å²) in [6, 6.07) is -0.828. The van der Waals surface area contributed by atoms with Crippen LogP contribution in [-0.4, -0.2) is 60.3 Å². The minimum absolute atomic E-state index is 0.287. The van der Waals surface area contributed by atoms with Gasteiger partial charge in [0.25, 0.3) is 0 Å². The second-order valence-electron chi connectivity index (χ2n) is 4.55. The summed E-state index contributed by atoms with van der Waals surface area (Å²) in [5.74, 6) is -1.30. The second kappa shape index (κ2) is 7.33. The first kappa shape index (κ1) is 14.9. The third-order valence-electron chi connectivity index (χ3n) is 3.05.